The smallest absolute Gasteiger partial charge is 0.286 e. The van der Waals surface area contributed by atoms with Crippen LogP contribution in [0, 0.1) is 6.92 Å². The molecule has 0 spiro atoms. The maximum absolute atomic E-state index is 12.3. The van der Waals surface area contributed by atoms with Crippen molar-refractivity contribution in [2.75, 3.05) is 19.0 Å². The van der Waals surface area contributed by atoms with Crippen LogP contribution in [0.3, 0.4) is 0 Å². The van der Waals surface area contributed by atoms with E-state index in [-0.39, 0.29) is 23.6 Å². The second kappa shape index (κ2) is 10.9. The summed E-state index contributed by atoms with van der Waals surface area (Å²) in [7, 11) is 1.47. The summed E-state index contributed by atoms with van der Waals surface area (Å²) in [6.07, 6.45) is 1.62. The summed E-state index contributed by atoms with van der Waals surface area (Å²) in [6, 6.07) is 8.60. The van der Waals surface area contributed by atoms with Crippen molar-refractivity contribution < 1.29 is 23.9 Å². The quantitative estimate of drug-likeness (QED) is 0.510. The Kier molecular flexibility index (Phi) is 8.17. The van der Waals surface area contributed by atoms with E-state index in [1.54, 1.807) is 30.3 Å². The fraction of sp³-hybridized carbons (Fsp3) is 0.182. The standard InChI is InChI=1S/C22H19BrClN3O5S/c1-11-4-5-14(9-16(11)24)26-19(29)10-32-20-15(23)6-13(7-17(20)31-3)8-18-21(30)27-22(33-18)25-12(2)28/h4-9H,10H2,1-3H3,(H,26,29)(H,25,27,28,30)/b18-8-. The molecular weight excluding hydrogens is 534 g/mol. The summed E-state index contributed by atoms with van der Waals surface area (Å²) in [5.41, 5.74) is 2.11. The average molecular weight is 553 g/mol. The lowest BCUT2D eigenvalue weighted by molar-refractivity contribution is -0.118. The first-order valence-electron chi connectivity index (χ1n) is 9.52. The number of hydrogen-bond acceptors (Lipinski definition) is 6. The van der Waals surface area contributed by atoms with Gasteiger partial charge in [-0.2, -0.15) is 4.99 Å². The Bertz CT molecular complexity index is 1200. The second-order valence-corrected chi connectivity index (χ2v) is 9.14. The monoisotopic (exact) mass is 551 g/mol. The zero-order valence-electron chi connectivity index (χ0n) is 17.8. The molecule has 3 amide bonds. The SMILES string of the molecule is COc1cc(/C=C2\SC(NC(C)=O)=NC2=O)cc(Br)c1OCC(=O)Nc1ccc(C)c(Cl)c1. The van der Waals surface area contributed by atoms with Crippen LogP contribution in [0.4, 0.5) is 5.69 Å². The molecule has 3 rings (SSSR count). The van der Waals surface area contributed by atoms with Crippen molar-refractivity contribution in [3.63, 3.8) is 0 Å². The maximum Gasteiger partial charge on any atom is 0.286 e. The molecule has 1 heterocycles. The van der Waals surface area contributed by atoms with Crippen molar-refractivity contribution in [2.45, 2.75) is 13.8 Å². The van der Waals surface area contributed by atoms with Crippen LogP contribution in [0.1, 0.15) is 18.1 Å². The van der Waals surface area contributed by atoms with Gasteiger partial charge in [-0.15, -0.1) is 0 Å². The number of carbonyl (C=O) groups excluding carboxylic acids is 3. The number of anilines is 1. The normalized spacial score (nSPS) is 14.2. The van der Waals surface area contributed by atoms with Crippen molar-refractivity contribution in [3.8, 4) is 11.5 Å². The molecule has 0 aliphatic carbocycles. The van der Waals surface area contributed by atoms with Gasteiger partial charge in [0.2, 0.25) is 5.91 Å². The molecule has 2 aromatic carbocycles. The predicted octanol–water partition coefficient (Wildman–Crippen LogP) is 4.54. The zero-order valence-corrected chi connectivity index (χ0v) is 21.0. The Balaban J connectivity index is 1.70. The molecule has 2 N–H and O–H groups in total. The molecule has 0 saturated heterocycles. The Morgan fingerprint density at radius 3 is 2.67 bits per heavy atom. The van der Waals surface area contributed by atoms with Gasteiger partial charge in [0.05, 0.1) is 16.5 Å². The van der Waals surface area contributed by atoms with E-state index in [1.165, 1.54) is 14.0 Å². The highest BCUT2D eigenvalue weighted by atomic mass is 79.9. The first-order valence-corrected chi connectivity index (χ1v) is 11.5. The van der Waals surface area contributed by atoms with Gasteiger partial charge in [0.25, 0.3) is 11.8 Å². The van der Waals surface area contributed by atoms with Crippen molar-refractivity contribution in [1.82, 2.24) is 5.32 Å². The molecule has 2 aromatic rings. The van der Waals surface area contributed by atoms with Crippen molar-refractivity contribution in [1.29, 1.82) is 0 Å². The van der Waals surface area contributed by atoms with Crippen molar-refractivity contribution in [3.05, 3.63) is 55.9 Å². The number of methoxy groups -OCH3 is 1. The average Bonchev–Trinajstić information content (AvgIpc) is 3.07. The number of amidine groups is 1. The van der Waals surface area contributed by atoms with E-state index in [1.807, 2.05) is 13.0 Å². The van der Waals surface area contributed by atoms with E-state index in [9.17, 15) is 14.4 Å². The minimum Gasteiger partial charge on any atom is -0.493 e. The predicted molar refractivity (Wildman–Crippen MR) is 133 cm³/mol. The highest BCUT2D eigenvalue weighted by Crippen LogP contribution is 2.38. The lowest BCUT2D eigenvalue weighted by atomic mass is 10.2. The first-order chi connectivity index (χ1) is 15.7. The fourth-order valence-corrected chi connectivity index (χ4v) is 4.35. The molecule has 8 nitrogen and oxygen atoms in total. The Morgan fingerprint density at radius 2 is 2.00 bits per heavy atom. The van der Waals surface area contributed by atoms with Gasteiger partial charge < -0.3 is 20.1 Å². The minimum absolute atomic E-state index is 0.227. The van der Waals surface area contributed by atoms with Gasteiger partial charge >= 0.3 is 0 Å². The van der Waals surface area contributed by atoms with E-state index in [2.05, 4.69) is 31.6 Å². The Labute approximate surface area is 207 Å². The van der Waals surface area contributed by atoms with Crippen LogP contribution >= 0.6 is 39.3 Å². The van der Waals surface area contributed by atoms with Crippen molar-refractivity contribution >= 4 is 73.9 Å². The summed E-state index contributed by atoms with van der Waals surface area (Å²) in [4.78, 5) is 39.7. The lowest BCUT2D eigenvalue weighted by Gasteiger charge is -2.14. The van der Waals surface area contributed by atoms with Gasteiger partial charge in [-0.25, -0.2) is 0 Å². The number of halogens is 2. The number of nitrogens with one attached hydrogen (secondary N) is 2. The third-order valence-corrected chi connectivity index (χ3v) is 6.15. The van der Waals surface area contributed by atoms with Gasteiger partial charge in [-0.1, -0.05) is 17.7 Å². The van der Waals surface area contributed by atoms with Gasteiger partial charge in [-0.05, 0) is 76.1 Å². The lowest BCUT2D eigenvalue weighted by Crippen LogP contribution is -2.23. The number of aryl methyl sites for hydroxylation is 1. The van der Waals surface area contributed by atoms with Crippen LogP contribution in [-0.2, 0) is 14.4 Å². The molecule has 11 heteroatoms. The summed E-state index contributed by atoms with van der Waals surface area (Å²) in [5, 5.41) is 6.00. The second-order valence-electron chi connectivity index (χ2n) is 6.85. The van der Waals surface area contributed by atoms with Gasteiger partial charge in [-0.3, -0.25) is 14.4 Å². The van der Waals surface area contributed by atoms with E-state index < -0.39 is 5.91 Å². The van der Waals surface area contributed by atoms with Gasteiger partial charge in [0, 0.05) is 17.6 Å². The number of hydrogen-bond donors (Lipinski definition) is 2. The van der Waals surface area contributed by atoms with E-state index in [0.717, 1.165) is 17.3 Å². The number of benzene rings is 2. The van der Waals surface area contributed by atoms with Gasteiger partial charge in [0.1, 0.15) is 0 Å². The zero-order chi connectivity index (χ0) is 24.1. The van der Waals surface area contributed by atoms with Crippen LogP contribution in [0.5, 0.6) is 11.5 Å². The first kappa shape index (κ1) is 24.8. The number of carbonyl (C=O) groups is 3. The number of thioether (sulfide) groups is 1. The maximum atomic E-state index is 12.3. The summed E-state index contributed by atoms with van der Waals surface area (Å²) in [5.74, 6) is -0.438. The van der Waals surface area contributed by atoms with Gasteiger partial charge in [0.15, 0.2) is 23.3 Å². The summed E-state index contributed by atoms with van der Waals surface area (Å²) < 4.78 is 11.6. The molecular formula is C22H19BrClN3O5S. The summed E-state index contributed by atoms with van der Waals surface area (Å²) >= 11 is 10.6. The van der Waals surface area contributed by atoms with Crippen LogP contribution in [-0.4, -0.2) is 36.6 Å². The molecule has 0 radical (unpaired) electrons. The topological polar surface area (TPSA) is 106 Å². The molecule has 33 heavy (non-hydrogen) atoms. The Morgan fingerprint density at radius 1 is 1.24 bits per heavy atom. The molecule has 0 atom stereocenters. The third kappa shape index (κ3) is 6.59. The molecule has 0 unspecified atom stereocenters. The number of aliphatic imine (C=N–C) groups is 1. The van der Waals surface area contributed by atoms with Crippen molar-refractivity contribution in [2.24, 2.45) is 4.99 Å². The summed E-state index contributed by atoms with van der Waals surface area (Å²) in [6.45, 7) is 2.95. The van der Waals surface area contributed by atoms with Crippen LogP contribution < -0.4 is 20.1 Å². The highest BCUT2D eigenvalue weighted by molar-refractivity contribution is 9.10. The van der Waals surface area contributed by atoms with Crippen LogP contribution in [0.25, 0.3) is 6.08 Å². The van der Waals surface area contributed by atoms with Crippen LogP contribution in [0.15, 0.2) is 44.7 Å². The Hall–Kier alpha value is -2.82. The molecule has 1 aliphatic heterocycles. The van der Waals surface area contributed by atoms with E-state index in [4.69, 9.17) is 21.1 Å². The third-order valence-electron chi connectivity index (χ3n) is 4.26. The van der Waals surface area contributed by atoms with E-state index in [0.29, 0.717) is 37.2 Å². The molecule has 172 valence electrons. The highest BCUT2D eigenvalue weighted by Gasteiger charge is 2.23. The number of nitrogens with zero attached hydrogens (tertiary/aromatic N) is 1. The van der Waals surface area contributed by atoms with E-state index >= 15 is 0 Å². The number of amides is 3. The number of ether oxygens (including phenoxy) is 2. The van der Waals surface area contributed by atoms with Crippen LogP contribution in [0.2, 0.25) is 5.02 Å². The minimum atomic E-state index is -0.452. The molecule has 0 aromatic heterocycles. The number of rotatable bonds is 6. The molecule has 0 fully saturated rings. The molecule has 1 aliphatic rings. The largest absolute Gasteiger partial charge is 0.493 e. The molecule has 0 bridgehead atoms. The fourth-order valence-electron chi connectivity index (χ4n) is 2.73. The molecule has 0 saturated carbocycles.